The van der Waals surface area contributed by atoms with E-state index in [1.54, 1.807) is 0 Å². The number of piperidine rings is 1. The van der Waals surface area contributed by atoms with Crippen LogP contribution in [0.15, 0.2) is 36.5 Å². The smallest absolute Gasteiger partial charge is 0.312 e. The molecule has 6 N–H and O–H groups in total. The summed E-state index contributed by atoms with van der Waals surface area (Å²) in [6.45, 7) is 8.35. The first kappa shape index (κ1) is 25.7. The first-order valence-electron chi connectivity index (χ1n) is 12.9. The van der Waals surface area contributed by atoms with E-state index in [9.17, 15) is 9.59 Å². The van der Waals surface area contributed by atoms with Crippen LogP contribution in [0, 0.1) is 6.92 Å². The third-order valence-corrected chi connectivity index (χ3v) is 7.21. The number of nitrogens with two attached hydrogens (primary N) is 2. The molecule has 4 rings (SSSR count). The highest BCUT2D eigenvalue weighted by Gasteiger charge is 2.27. The van der Waals surface area contributed by atoms with Crippen LogP contribution in [0.5, 0.6) is 0 Å². The minimum absolute atomic E-state index is 0.00649. The molecule has 0 unspecified atom stereocenters. The van der Waals surface area contributed by atoms with Gasteiger partial charge in [0.25, 0.3) is 0 Å². The molecule has 0 bridgehead atoms. The van der Waals surface area contributed by atoms with Crippen molar-refractivity contribution in [2.75, 3.05) is 19.6 Å². The molecular formula is C28H38N6O2. The van der Waals surface area contributed by atoms with Crippen molar-refractivity contribution in [3.05, 3.63) is 53.3 Å². The van der Waals surface area contributed by atoms with Crippen molar-refractivity contribution in [3.8, 4) is 11.3 Å². The standard InChI is InChI=1S/C28H38N6O2/c1-17(2)25-22-16-20(6-7-24(22)33-26(25)21-8-12-31-18(3)15-21)19-9-13-34(14-10-19)27(35)23(29)5-4-11-32-28(30)36/h6-8,12,15-17,19,23,33H,4-5,9-11,13-14,29H2,1-3H3,(H3,30,32,36)/t23-/m0/s1. The van der Waals surface area contributed by atoms with Crippen molar-refractivity contribution in [2.45, 2.75) is 64.3 Å². The molecule has 1 aliphatic rings. The Bertz CT molecular complexity index is 1230. The molecular weight excluding hydrogens is 452 g/mol. The number of hydrogen-bond acceptors (Lipinski definition) is 4. The Balaban J connectivity index is 1.45. The van der Waals surface area contributed by atoms with Crippen LogP contribution >= 0.6 is 0 Å². The number of rotatable bonds is 8. The number of nitrogens with zero attached hydrogens (tertiary/aromatic N) is 2. The average Bonchev–Trinajstić information content (AvgIpc) is 3.25. The number of benzene rings is 1. The Morgan fingerprint density at radius 1 is 1.19 bits per heavy atom. The Hall–Kier alpha value is -3.39. The second-order valence-electron chi connectivity index (χ2n) is 10.2. The number of amides is 3. The zero-order chi connectivity index (χ0) is 25.8. The first-order valence-corrected chi connectivity index (χ1v) is 12.9. The van der Waals surface area contributed by atoms with Crippen LogP contribution in [0.4, 0.5) is 4.79 Å². The van der Waals surface area contributed by atoms with E-state index in [1.165, 1.54) is 22.2 Å². The maximum atomic E-state index is 12.8. The third kappa shape index (κ3) is 5.70. The van der Waals surface area contributed by atoms with Gasteiger partial charge in [-0.3, -0.25) is 9.78 Å². The largest absolute Gasteiger partial charge is 0.354 e. The highest BCUT2D eigenvalue weighted by Crippen LogP contribution is 2.38. The summed E-state index contributed by atoms with van der Waals surface area (Å²) in [6, 6.07) is 9.86. The Morgan fingerprint density at radius 2 is 1.94 bits per heavy atom. The summed E-state index contributed by atoms with van der Waals surface area (Å²) >= 11 is 0. The van der Waals surface area contributed by atoms with Gasteiger partial charge in [-0.2, -0.15) is 0 Å². The number of aromatic nitrogens is 2. The molecule has 0 spiro atoms. The van der Waals surface area contributed by atoms with Crippen LogP contribution in [0.1, 0.15) is 68.2 Å². The van der Waals surface area contributed by atoms with Gasteiger partial charge < -0.3 is 26.7 Å². The SMILES string of the molecule is Cc1cc(-c2[nH]c3ccc(C4CCN(C(=O)[C@@H](N)CCCNC(N)=O)CC4)cc3c2C(C)C)ccn1. The third-order valence-electron chi connectivity index (χ3n) is 7.21. The van der Waals surface area contributed by atoms with Gasteiger partial charge in [-0.15, -0.1) is 0 Å². The summed E-state index contributed by atoms with van der Waals surface area (Å²) < 4.78 is 0. The zero-order valence-corrected chi connectivity index (χ0v) is 21.5. The molecule has 3 amide bonds. The highest BCUT2D eigenvalue weighted by atomic mass is 16.2. The van der Waals surface area contributed by atoms with Crippen molar-refractivity contribution in [1.82, 2.24) is 20.2 Å². The number of primary amides is 1. The van der Waals surface area contributed by atoms with Crippen LogP contribution in [-0.4, -0.2) is 52.5 Å². The predicted octanol–water partition coefficient (Wildman–Crippen LogP) is 4.14. The molecule has 0 aliphatic carbocycles. The normalized spacial score (nSPS) is 15.4. The van der Waals surface area contributed by atoms with E-state index in [-0.39, 0.29) is 5.91 Å². The zero-order valence-electron chi connectivity index (χ0n) is 21.5. The summed E-state index contributed by atoms with van der Waals surface area (Å²) in [5.41, 5.74) is 18.4. The maximum Gasteiger partial charge on any atom is 0.312 e. The average molecular weight is 491 g/mol. The van der Waals surface area contributed by atoms with Crippen LogP contribution in [0.3, 0.4) is 0 Å². The number of H-pyrrole nitrogens is 1. The van der Waals surface area contributed by atoms with E-state index >= 15 is 0 Å². The summed E-state index contributed by atoms with van der Waals surface area (Å²) in [4.78, 5) is 33.5. The number of urea groups is 1. The number of hydrogen-bond donors (Lipinski definition) is 4. The molecule has 1 saturated heterocycles. The number of nitrogens with one attached hydrogen (secondary N) is 2. The van der Waals surface area contributed by atoms with Crippen LogP contribution in [0.25, 0.3) is 22.2 Å². The van der Waals surface area contributed by atoms with Gasteiger partial charge in [-0.1, -0.05) is 19.9 Å². The second-order valence-corrected chi connectivity index (χ2v) is 10.2. The molecule has 1 atom stereocenters. The van der Waals surface area contributed by atoms with Gasteiger partial charge >= 0.3 is 6.03 Å². The number of carbonyl (C=O) groups is 2. The molecule has 1 aliphatic heterocycles. The minimum atomic E-state index is -0.556. The summed E-state index contributed by atoms with van der Waals surface area (Å²) in [6.07, 6.45) is 4.86. The Morgan fingerprint density at radius 3 is 2.61 bits per heavy atom. The number of likely N-dealkylation sites (tertiary alicyclic amines) is 1. The van der Waals surface area contributed by atoms with Gasteiger partial charge in [0.05, 0.1) is 11.7 Å². The highest BCUT2D eigenvalue weighted by molar-refractivity contribution is 5.92. The molecule has 0 saturated carbocycles. The number of carbonyl (C=O) groups excluding carboxylic acids is 2. The van der Waals surface area contributed by atoms with Crippen LogP contribution < -0.4 is 16.8 Å². The monoisotopic (exact) mass is 490 g/mol. The molecule has 8 heteroatoms. The molecule has 1 fully saturated rings. The summed E-state index contributed by atoms with van der Waals surface area (Å²) in [5, 5.41) is 3.81. The quantitative estimate of drug-likeness (QED) is 0.353. The van der Waals surface area contributed by atoms with Gasteiger partial charge in [0.15, 0.2) is 0 Å². The molecule has 1 aromatic carbocycles. The van der Waals surface area contributed by atoms with E-state index in [1.807, 2.05) is 18.0 Å². The molecule has 0 radical (unpaired) electrons. The first-order chi connectivity index (χ1) is 17.2. The Kier molecular flexibility index (Phi) is 7.94. The van der Waals surface area contributed by atoms with Gasteiger partial charge in [0.2, 0.25) is 5.91 Å². The predicted molar refractivity (Wildman–Crippen MR) is 144 cm³/mol. The van der Waals surface area contributed by atoms with Crippen molar-refractivity contribution in [2.24, 2.45) is 11.5 Å². The van der Waals surface area contributed by atoms with E-state index in [4.69, 9.17) is 11.5 Å². The Labute approximate surface area is 212 Å². The van der Waals surface area contributed by atoms with E-state index in [0.29, 0.717) is 44.3 Å². The van der Waals surface area contributed by atoms with Gasteiger partial charge in [-0.25, -0.2) is 4.79 Å². The van der Waals surface area contributed by atoms with Gasteiger partial charge in [0, 0.05) is 48.0 Å². The van der Waals surface area contributed by atoms with Crippen molar-refractivity contribution in [3.63, 3.8) is 0 Å². The van der Waals surface area contributed by atoms with Gasteiger partial charge in [0.1, 0.15) is 0 Å². The van der Waals surface area contributed by atoms with Crippen molar-refractivity contribution in [1.29, 1.82) is 0 Å². The summed E-state index contributed by atoms with van der Waals surface area (Å²) in [7, 11) is 0. The van der Waals surface area contributed by atoms with Crippen molar-refractivity contribution >= 4 is 22.8 Å². The van der Waals surface area contributed by atoms with E-state index < -0.39 is 12.1 Å². The van der Waals surface area contributed by atoms with Crippen LogP contribution in [0.2, 0.25) is 0 Å². The summed E-state index contributed by atoms with van der Waals surface area (Å²) in [5.74, 6) is 0.778. The van der Waals surface area contributed by atoms with Crippen LogP contribution in [-0.2, 0) is 4.79 Å². The molecule has 3 heterocycles. The second kappa shape index (κ2) is 11.1. The number of fused-ring (bicyclic) bond motifs is 1. The minimum Gasteiger partial charge on any atom is -0.354 e. The fourth-order valence-corrected chi connectivity index (χ4v) is 5.34. The van der Waals surface area contributed by atoms with Gasteiger partial charge in [-0.05, 0) is 79.8 Å². The topological polar surface area (TPSA) is 130 Å². The van der Waals surface area contributed by atoms with E-state index in [2.05, 4.69) is 59.5 Å². The maximum absolute atomic E-state index is 12.8. The molecule has 8 nitrogen and oxygen atoms in total. The lowest BCUT2D eigenvalue weighted by Crippen LogP contribution is -2.47. The lowest BCUT2D eigenvalue weighted by Gasteiger charge is -2.34. The number of pyridine rings is 1. The molecule has 2 aromatic heterocycles. The van der Waals surface area contributed by atoms with E-state index in [0.717, 1.165) is 29.6 Å². The lowest BCUT2D eigenvalue weighted by atomic mass is 9.87. The van der Waals surface area contributed by atoms with Crippen molar-refractivity contribution < 1.29 is 9.59 Å². The number of aromatic amines is 1. The fourth-order valence-electron chi connectivity index (χ4n) is 5.34. The number of aryl methyl sites for hydroxylation is 1. The molecule has 36 heavy (non-hydrogen) atoms. The molecule has 192 valence electrons. The fraction of sp³-hybridized carbons (Fsp3) is 0.464. The molecule has 3 aromatic rings. The lowest BCUT2D eigenvalue weighted by molar-refractivity contribution is -0.133.